The van der Waals surface area contributed by atoms with Crippen LogP contribution in [-0.4, -0.2) is 133 Å². The minimum atomic E-state index is -0.326. The summed E-state index contributed by atoms with van der Waals surface area (Å²) in [5, 5.41) is 18.0. The van der Waals surface area contributed by atoms with Crippen LogP contribution in [0.25, 0.3) is 0 Å². The fourth-order valence-corrected chi connectivity index (χ4v) is 6.27. The molecule has 0 aliphatic carbocycles. The van der Waals surface area contributed by atoms with Crippen LogP contribution < -0.4 is 20.7 Å². The summed E-state index contributed by atoms with van der Waals surface area (Å²) >= 11 is 0. The normalized spacial score (nSPS) is 15.2. The van der Waals surface area contributed by atoms with Gasteiger partial charge >= 0.3 is 0 Å². The molecule has 2 amide bonds. The van der Waals surface area contributed by atoms with Crippen LogP contribution in [0.1, 0.15) is 65.8 Å². The Morgan fingerprint density at radius 3 is 1.86 bits per heavy atom. The first kappa shape index (κ1) is 46.0. The van der Waals surface area contributed by atoms with Crippen LogP contribution in [0, 0.1) is 18.8 Å². The summed E-state index contributed by atoms with van der Waals surface area (Å²) in [6, 6.07) is 15.0. The smallest absolute Gasteiger partial charge is 0.251 e. The van der Waals surface area contributed by atoms with Crippen LogP contribution in [0.5, 0.6) is 5.75 Å². The van der Waals surface area contributed by atoms with Crippen molar-refractivity contribution < 1.29 is 47.9 Å². The van der Waals surface area contributed by atoms with Crippen molar-refractivity contribution in [1.82, 2.24) is 16.0 Å². The topological polar surface area (TPSA) is 175 Å². The maximum atomic E-state index is 13.9. The van der Waals surface area contributed by atoms with Gasteiger partial charge in [-0.3, -0.25) is 19.4 Å². The van der Waals surface area contributed by atoms with E-state index in [9.17, 15) is 14.4 Å². The van der Waals surface area contributed by atoms with Gasteiger partial charge in [0.1, 0.15) is 12.4 Å². The maximum absolute atomic E-state index is 13.9. The third kappa shape index (κ3) is 13.7. The standard InChI is InChI=1S/C43H52N4O10.ClH/c1-3-4-31-11-12-39(57-24-23-56-22-21-55-20-19-54-18-17-53-16-15-52-14-13-48)40(30(31)2)41(49)32-5-7-33(8-6-32)42(50)46-37-28-45-29-38(37)47-43(51)34-9-10-35-26-44-27-36(35)25-34;/h5-12,25-26,37-38,45,48H,13-24,27-29H2,1-2H3,(H,46,50)(H,47,51);1H/t37-,38-;/m1./s1. The number of ketones is 1. The molecule has 0 radical (unpaired) electrons. The summed E-state index contributed by atoms with van der Waals surface area (Å²) in [6.07, 6.45) is 1.80. The van der Waals surface area contributed by atoms with Crippen molar-refractivity contribution in [3.05, 3.63) is 99.1 Å². The van der Waals surface area contributed by atoms with E-state index in [2.05, 4.69) is 32.8 Å². The molecule has 3 aromatic rings. The highest BCUT2D eigenvalue weighted by molar-refractivity contribution is 6.12. The summed E-state index contributed by atoms with van der Waals surface area (Å²) in [7, 11) is 0. The zero-order chi connectivity index (χ0) is 40.2. The van der Waals surface area contributed by atoms with Gasteiger partial charge in [-0.25, -0.2) is 0 Å². The van der Waals surface area contributed by atoms with Gasteiger partial charge in [-0.1, -0.05) is 24.1 Å². The molecule has 5 rings (SSSR count). The Balaban J connectivity index is 0.00000744. The molecule has 1 saturated heterocycles. The molecule has 2 aliphatic heterocycles. The van der Waals surface area contributed by atoms with Crippen LogP contribution >= 0.6 is 12.4 Å². The Hall–Kier alpha value is -4.69. The highest BCUT2D eigenvalue weighted by Crippen LogP contribution is 2.28. The zero-order valence-electron chi connectivity index (χ0n) is 33.0. The van der Waals surface area contributed by atoms with E-state index < -0.39 is 0 Å². The molecule has 2 aliphatic rings. The molecule has 14 nitrogen and oxygen atoms in total. The van der Waals surface area contributed by atoms with Crippen molar-refractivity contribution >= 4 is 36.2 Å². The summed E-state index contributed by atoms with van der Waals surface area (Å²) in [5.41, 5.74) is 5.17. The largest absolute Gasteiger partial charge is 0.490 e. The first-order valence-electron chi connectivity index (χ1n) is 19.2. The lowest BCUT2D eigenvalue weighted by Gasteiger charge is -2.21. The van der Waals surface area contributed by atoms with Crippen LogP contribution in [-0.2, 0) is 30.2 Å². The fraction of sp³-hybridized carbons (Fsp3) is 0.442. The molecule has 1 fully saturated rings. The van der Waals surface area contributed by atoms with Crippen molar-refractivity contribution in [2.24, 2.45) is 4.99 Å². The molecule has 58 heavy (non-hydrogen) atoms. The average molecular weight is 821 g/mol. The Morgan fingerprint density at radius 1 is 0.741 bits per heavy atom. The molecule has 312 valence electrons. The van der Waals surface area contributed by atoms with E-state index in [4.69, 9.17) is 33.5 Å². The molecule has 0 unspecified atom stereocenters. The van der Waals surface area contributed by atoms with Gasteiger partial charge in [0.25, 0.3) is 11.8 Å². The first-order valence-corrected chi connectivity index (χ1v) is 19.2. The molecule has 15 heteroatoms. The molecule has 2 heterocycles. The number of amides is 2. The van der Waals surface area contributed by atoms with Gasteiger partial charge < -0.3 is 49.5 Å². The van der Waals surface area contributed by atoms with Crippen molar-refractivity contribution in [3.8, 4) is 17.6 Å². The number of aliphatic imine (C=N–C) groups is 1. The third-order valence-corrected chi connectivity index (χ3v) is 9.28. The van der Waals surface area contributed by atoms with Crippen LogP contribution in [0.3, 0.4) is 0 Å². The Bertz CT molecular complexity index is 1900. The van der Waals surface area contributed by atoms with Crippen molar-refractivity contribution in [2.75, 3.05) is 92.4 Å². The molecule has 3 aromatic carbocycles. The second-order valence-electron chi connectivity index (χ2n) is 13.2. The number of ether oxygens (including phenoxy) is 6. The quantitative estimate of drug-likeness (QED) is 0.0595. The number of aliphatic hydroxyl groups excluding tert-OH is 1. The molecular weight excluding hydrogens is 768 g/mol. The predicted molar refractivity (Wildman–Crippen MR) is 221 cm³/mol. The van der Waals surface area contributed by atoms with Crippen molar-refractivity contribution in [3.63, 3.8) is 0 Å². The molecule has 0 saturated carbocycles. The van der Waals surface area contributed by atoms with Gasteiger partial charge in [0.2, 0.25) is 0 Å². The number of hydrogen-bond acceptors (Lipinski definition) is 12. The van der Waals surface area contributed by atoms with Gasteiger partial charge in [-0.15, -0.1) is 18.3 Å². The number of rotatable bonds is 24. The molecule has 4 N–H and O–H groups in total. The molecule has 0 aromatic heterocycles. The van der Waals surface area contributed by atoms with Gasteiger partial charge in [-0.05, 0) is 66.9 Å². The fourth-order valence-electron chi connectivity index (χ4n) is 6.27. The zero-order valence-corrected chi connectivity index (χ0v) is 33.8. The number of nitrogens with zero attached hydrogens (tertiary/aromatic N) is 1. The van der Waals surface area contributed by atoms with Crippen molar-refractivity contribution in [1.29, 1.82) is 0 Å². The molecule has 0 bridgehead atoms. The highest BCUT2D eigenvalue weighted by atomic mass is 35.5. The lowest BCUT2D eigenvalue weighted by molar-refractivity contribution is -0.0146. The molecule has 0 spiro atoms. The van der Waals surface area contributed by atoms with E-state index >= 15 is 0 Å². The second-order valence-corrected chi connectivity index (χ2v) is 13.2. The Labute approximate surface area is 345 Å². The van der Waals surface area contributed by atoms with E-state index in [-0.39, 0.29) is 61.9 Å². The number of nitrogens with one attached hydrogen (secondary N) is 3. The van der Waals surface area contributed by atoms with E-state index in [0.29, 0.717) is 113 Å². The monoisotopic (exact) mass is 820 g/mol. The van der Waals surface area contributed by atoms with Gasteiger partial charge in [0.05, 0.1) is 96.9 Å². The number of carbonyl (C=O) groups excluding carboxylic acids is 3. The summed E-state index contributed by atoms with van der Waals surface area (Å²) in [4.78, 5) is 44.6. The predicted octanol–water partition coefficient (Wildman–Crippen LogP) is 2.91. The molecule has 2 atom stereocenters. The lowest BCUT2D eigenvalue weighted by Crippen LogP contribution is -2.51. The van der Waals surface area contributed by atoms with Crippen LogP contribution in [0.4, 0.5) is 0 Å². The summed E-state index contributed by atoms with van der Waals surface area (Å²) < 4.78 is 33.2. The number of aliphatic hydroxyl groups is 1. The first-order chi connectivity index (χ1) is 27.9. The van der Waals surface area contributed by atoms with E-state index in [0.717, 1.165) is 16.7 Å². The third-order valence-electron chi connectivity index (χ3n) is 9.28. The number of halogens is 1. The number of carbonyl (C=O) groups is 3. The number of hydrogen-bond donors (Lipinski definition) is 4. The Kier molecular flexibility index (Phi) is 19.8. The highest BCUT2D eigenvalue weighted by Gasteiger charge is 2.30. The van der Waals surface area contributed by atoms with E-state index in [1.54, 1.807) is 49.5 Å². The van der Waals surface area contributed by atoms with Gasteiger partial charge in [-0.2, -0.15) is 0 Å². The number of fused-ring (bicyclic) bond motifs is 1. The molecular formula is C43H53ClN4O10. The van der Waals surface area contributed by atoms with Crippen molar-refractivity contribution in [2.45, 2.75) is 32.5 Å². The van der Waals surface area contributed by atoms with E-state index in [1.165, 1.54) is 0 Å². The van der Waals surface area contributed by atoms with E-state index in [1.807, 2.05) is 25.1 Å². The van der Waals surface area contributed by atoms with Gasteiger partial charge in [0.15, 0.2) is 5.78 Å². The maximum Gasteiger partial charge on any atom is 0.251 e. The van der Waals surface area contributed by atoms with Crippen LogP contribution in [0.2, 0.25) is 0 Å². The minimum absolute atomic E-state index is 0. The van der Waals surface area contributed by atoms with Gasteiger partial charge in [0, 0.05) is 41.6 Å². The second kappa shape index (κ2) is 24.9. The number of benzene rings is 3. The summed E-state index contributed by atoms with van der Waals surface area (Å²) in [5.74, 6) is 5.59. The Morgan fingerprint density at radius 2 is 1.28 bits per heavy atom. The minimum Gasteiger partial charge on any atom is -0.490 e. The average Bonchev–Trinajstić information content (AvgIpc) is 3.88. The SMILES string of the molecule is CC#Cc1ccc(OCCOCCOCCOCCOCCOCCO)c(C(=O)c2ccc(C(=O)N[C@@H]3CNC[C@H]3NC(=O)c3ccc4c(c3)CN=C4)cc2)c1C.Cl. The van der Waals surface area contributed by atoms with Crippen LogP contribution in [0.15, 0.2) is 59.6 Å². The lowest BCUT2D eigenvalue weighted by atomic mass is 9.94. The summed E-state index contributed by atoms with van der Waals surface area (Å²) in [6.45, 7) is 9.38.